The second kappa shape index (κ2) is 5.64. The maximum atomic E-state index is 12.0. The van der Waals surface area contributed by atoms with Gasteiger partial charge in [-0.3, -0.25) is 14.3 Å². The van der Waals surface area contributed by atoms with E-state index in [-0.39, 0.29) is 17.9 Å². The van der Waals surface area contributed by atoms with Crippen LogP contribution in [0.15, 0.2) is 23.6 Å². The van der Waals surface area contributed by atoms with Crippen LogP contribution < -0.4 is 5.32 Å². The molecule has 0 spiro atoms. The molecule has 1 N–H and O–H groups in total. The van der Waals surface area contributed by atoms with Gasteiger partial charge < -0.3 is 5.32 Å². The quantitative estimate of drug-likeness (QED) is 0.830. The highest BCUT2D eigenvalue weighted by Gasteiger charge is 2.22. The summed E-state index contributed by atoms with van der Waals surface area (Å²) in [7, 11) is 1.56. The van der Waals surface area contributed by atoms with Crippen LogP contribution in [0, 0.1) is 0 Å². The van der Waals surface area contributed by atoms with Crippen LogP contribution in [0.1, 0.15) is 19.8 Å². The standard InChI is InChI=1S/C12H17N5O2/c1-9(8-17-7-3-6-13-17)14-12(19)10-4-5-11(18)16(2)15-10/h3,6-7,9H,4-5,8H2,1-2H3,(H,14,19)/t9-/m0/s1. The van der Waals surface area contributed by atoms with Gasteiger partial charge in [0, 0.05) is 38.3 Å². The minimum Gasteiger partial charge on any atom is -0.347 e. The second-order valence-corrected chi connectivity index (χ2v) is 4.57. The first-order chi connectivity index (χ1) is 9.06. The summed E-state index contributed by atoms with van der Waals surface area (Å²) in [5, 5.41) is 12.1. The van der Waals surface area contributed by atoms with Gasteiger partial charge in [-0.2, -0.15) is 10.2 Å². The lowest BCUT2D eigenvalue weighted by atomic mass is 10.1. The number of hydrazone groups is 1. The van der Waals surface area contributed by atoms with Gasteiger partial charge in [-0.05, 0) is 13.0 Å². The molecule has 0 fully saturated rings. The Morgan fingerprint density at radius 1 is 1.53 bits per heavy atom. The Kier molecular flexibility index (Phi) is 3.94. The summed E-state index contributed by atoms with van der Waals surface area (Å²) in [6, 6.07) is 1.78. The van der Waals surface area contributed by atoms with Gasteiger partial charge in [-0.1, -0.05) is 0 Å². The molecule has 0 bridgehead atoms. The molecule has 0 saturated heterocycles. The first-order valence-corrected chi connectivity index (χ1v) is 6.18. The molecule has 0 unspecified atom stereocenters. The van der Waals surface area contributed by atoms with Crippen molar-refractivity contribution in [1.82, 2.24) is 20.1 Å². The third-order valence-corrected chi connectivity index (χ3v) is 2.87. The van der Waals surface area contributed by atoms with E-state index in [2.05, 4.69) is 15.5 Å². The maximum Gasteiger partial charge on any atom is 0.267 e. The van der Waals surface area contributed by atoms with E-state index in [4.69, 9.17) is 0 Å². The first-order valence-electron chi connectivity index (χ1n) is 6.18. The van der Waals surface area contributed by atoms with Crippen molar-refractivity contribution in [2.45, 2.75) is 32.4 Å². The Balaban J connectivity index is 1.90. The second-order valence-electron chi connectivity index (χ2n) is 4.57. The van der Waals surface area contributed by atoms with E-state index in [1.165, 1.54) is 5.01 Å². The Labute approximate surface area is 111 Å². The predicted octanol–water partition coefficient (Wildman–Crippen LogP) is -0.00400. The molecule has 1 aliphatic heterocycles. The van der Waals surface area contributed by atoms with Gasteiger partial charge in [0.05, 0.1) is 6.54 Å². The molecule has 7 heteroatoms. The SMILES string of the molecule is C[C@@H](Cn1cccn1)NC(=O)C1=NN(C)C(=O)CC1. The van der Waals surface area contributed by atoms with Crippen molar-refractivity contribution < 1.29 is 9.59 Å². The molecule has 1 atom stereocenters. The molecule has 1 aromatic heterocycles. The average molecular weight is 263 g/mol. The average Bonchev–Trinajstić information content (AvgIpc) is 2.85. The van der Waals surface area contributed by atoms with Crippen molar-refractivity contribution in [2.24, 2.45) is 5.10 Å². The Hall–Kier alpha value is -2.18. The molecule has 19 heavy (non-hydrogen) atoms. The van der Waals surface area contributed by atoms with Crippen molar-refractivity contribution in [3.8, 4) is 0 Å². The van der Waals surface area contributed by atoms with Crippen LogP contribution in [0.25, 0.3) is 0 Å². The Bertz CT molecular complexity index is 494. The number of hydrogen-bond donors (Lipinski definition) is 1. The van der Waals surface area contributed by atoms with Crippen LogP contribution in [0.2, 0.25) is 0 Å². The lowest BCUT2D eigenvalue weighted by Gasteiger charge is -2.20. The monoisotopic (exact) mass is 263 g/mol. The summed E-state index contributed by atoms with van der Waals surface area (Å²) in [6.45, 7) is 2.50. The minimum atomic E-state index is -0.223. The van der Waals surface area contributed by atoms with E-state index < -0.39 is 0 Å². The molecule has 1 aromatic rings. The zero-order valence-corrected chi connectivity index (χ0v) is 11.0. The number of aromatic nitrogens is 2. The zero-order chi connectivity index (χ0) is 13.8. The number of hydrogen-bond acceptors (Lipinski definition) is 4. The smallest absolute Gasteiger partial charge is 0.267 e. The fourth-order valence-electron chi connectivity index (χ4n) is 1.87. The number of rotatable bonds is 4. The van der Waals surface area contributed by atoms with Crippen LogP contribution >= 0.6 is 0 Å². The summed E-state index contributed by atoms with van der Waals surface area (Å²) in [5.41, 5.74) is 0.398. The van der Waals surface area contributed by atoms with Crippen LogP contribution in [0.5, 0.6) is 0 Å². The van der Waals surface area contributed by atoms with Crippen LogP contribution in [0.4, 0.5) is 0 Å². The summed E-state index contributed by atoms with van der Waals surface area (Å²) in [5.74, 6) is -0.292. The number of nitrogens with one attached hydrogen (secondary N) is 1. The number of carbonyl (C=O) groups is 2. The normalized spacial score (nSPS) is 17.1. The van der Waals surface area contributed by atoms with Crippen molar-refractivity contribution in [3.05, 3.63) is 18.5 Å². The minimum absolute atomic E-state index is 0.0574. The van der Waals surface area contributed by atoms with E-state index in [0.29, 0.717) is 25.1 Å². The van der Waals surface area contributed by atoms with E-state index in [9.17, 15) is 9.59 Å². The molecule has 0 radical (unpaired) electrons. The number of amides is 2. The van der Waals surface area contributed by atoms with Crippen LogP contribution in [-0.4, -0.2) is 45.4 Å². The third-order valence-electron chi connectivity index (χ3n) is 2.87. The molecular formula is C12H17N5O2. The predicted molar refractivity (Wildman–Crippen MR) is 69.3 cm³/mol. The van der Waals surface area contributed by atoms with Gasteiger partial charge in [-0.15, -0.1) is 0 Å². The Morgan fingerprint density at radius 2 is 2.32 bits per heavy atom. The summed E-state index contributed by atoms with van der Waals surface area (Å²) in [4.78, 5) is 23.3. The number of carbonyl (C=O) groups excluding carboxylic acids is 2. The van der Waals surface area contributed by atoms with Gasteiger partial charge >= 0.3 is 0 Å². The first kappa shape index (κ1) is 13.3. The molecule has 1 aliphatic rings. The summed E-state index contributed by atoms with van der Waals surface area (Å²) < 4.78 is 1.75. The third kappa shape index (κ3) is 3.40. The van der Waals surface area contributed by atoms with Crippen LogP contribution in [-0.2, 0) is 16.1 Å². The van der Waals surface area contributed by atoms with E-state index in [1.807, 2.05) is 19.2 Å². The highest BCUT2D eigenvalue weighted by atomic mass is 16.2. The lowest BCUT2D eigenvalue weighted by Crippen LogP contribution is -2.42. The molecule has 2 heterocycles. The van der Waals surface area contributed by atoms with Crippen molar-refractivity contribution >= 4 is 17.5 Å². The molecule has 2 amide bonds. The molecule has 0 aliphatic carbocycles. The van der Waals surface area contributed by atoms with Gasteiger partial charge in [0.25, 0.3) is 5.91 Å². The largest absolute Gasteiger partial charge is 0.347 e. The van der Waals surface area contributed by atoms with E-state index in [0.717, 1.165) is 0 Å². The molecule has 0 saturated carbocycles. The number of nitrogens with zero attached hydrogens (tertiary/aromatic N) is 4. The van der Waals surface area contributed by atoms with Crippen molar-refractivity contribution in [1.29, 1.82) is 0 Å². The van der Waals surface area contributed by atoms with Crippen molar-refractivity contribution in [2.75, 3.05) is 7.05 Å². The topological polar surface area (TPSA) is 79.6 Å². The van der Waals surface area contributed by atoms with Gasteiger partial charge in [-0.25, -0.2) is 5.01 Å². The van der Waals surface area contributed by atoms with E-state index in [1.54, 1.807) is 17.9 Å². The molecule has 102 valence electrons. The van der Waals surface area contributed by atoms with Gasteiger partial charge in [0.15, 0.2) is 0 Å². The summed E-state index contributed by atoms with van der Waals surface area (Å²) >= 11 is 0. The van der Waals surface area contributed by atoms with E-state index >= 15 is 0 Å². The van der Waals surface area contributed by atoms with Crippen molar-refractivity contribution in [3.63, 3.8) is 0 Å². The van der Waals surface area contributed by atoms with Gasteiger partial charge in [0.2, 0.25) is 5.91 Å². The fraction of sp³-hybridized carbons (Fsp3) is 0.500. The van der Waals surface area contributed by atoms with Gasteiger partial charge in [0.1, 0.15) is 5.71 Å². The molecule has 0 aromatic carbocycles. The summed E-state index contributed by atoms with van der Waals surface area (Å²) in [6.07, 6.45) is 4.26. The lowest BCUT2D eigenvalue weighted by molar-refractivity contribution is -0.130. The zero-order valence-electron chi connectivity index (χ0n) is 11.0. The highest BCUT2D eigenvalue weighted by Crippen LogP contribution is 2.07. The highest BCUT2D eigenvalue weighted by molar-refractivity contribution is 6.39. The maximum absolute atomic E-state index is 12.0. The Morgan fingerprint density at radius 3 is 2.95 bits per heavy atom. The van der Waals surface area contributed by atoms with Crippen LogP contribution in [0.3, 0.4) is 0 Å². The molecule has 2 rings (SSSR count). The molecule has 7 nitrogen and oxygen atoms in total. The fourth-order valence-corrected chi connectivity index (χ4v) is 1.87. The molecular weight excluding hydrogens is 246 g/mol.